The summed E-state index contributed by atoms with van der Waals surface area (Å²) < 4.78 is 32.4. The molecule has 0 saturated carbocycles. The lowest BCUT2D eigenvalue weighted by Gasteiger charge is -2.07. The molecule has 0 aliphatic carbocycles. The molecule has 0 heterocycles. The van der Waals surface area contributed by atoms with E-state index in [-0.39, 0.29) is 9.81 Å². The van der Waals surface area contributed by atoms with Gasteiger partial charge in [-0.15, -0.1) is 12.6 Å². The van der Waals surface area contributed by atoms with Crippen LogP contribution in [0.25, 0.3) is 0 Å². The second-order valence-electron chi connectivity index (χ2n) is 2.62. The minimum Gasteiger partial charge on any atom is -0.465 e. The lowest BCUT2D eigenvalue weighted by Crippen LogP contribution is -2.18. The van der Waals surface area contributed by atoms with E-state index >= 15 is 0 Å². The first-order valence-electron chi connectivity index (χ1n) is 3.96. The first-order chi connectivity index (χ1) is 7.72. The maximum Gasteiger partial charge on any atom is 0.347 e. The number of hydrogen-bond donors (Lipinski definition) is 2. The van der Waals surface area contributed by atoms with Crippen LogP contribution >= 0.6 is 24.6 Å². The first kappa shape index (κ1) is 16.3. The fourth-order valence-electron chi connectivity index (χ4n) is 0.586. The maximum absolute atomic E-state index is 11.3. The zero-order valence-corrected chi connectivity index (χ0v) is 11.7. The van der Waals surface area contributed by atoms with Crippen molar-refractivity contribution in [3.8, 4) is 0 Å². The molecule has 10 heteroatoms. The summed E-state index contributed by atoms with van der Waals surface area (Å²) in [7, 11) is -1.36. The van der Waals surface area contributed by atoms with Gasteiger partial charge in [-0.2, -0.15) is 4.13 Å². The van der Waals surface area contributed by atoms with E-state index in [1.807, 2.05) is 4.13 Å². The summed E-state index contributed by atoms with van der Waals surface area (Å²) in [5.41, 5.74) is 0. The molecule has 0 aliphatic heterocycles. The Morgan fingerprint density at radius 2 is 1.65 bits per heavy atom. The van der Waals surface area contributed by atoms with E-state index in [0.717, 1.165) is 20.5 Å². The Labute approximate surface area is 109 Å². The lowest BCUT2D eigenvalue weighted by molar-refractivity contribution is -0.138. The molecule has 0 fully saturated rings. The normalized spacial score (nSPS) is 12.7. The number of ether oxygens (including phenoxy) is 2. The fourth-order valence-corrected chi connectivity index (χ4v) is 2.19. The monoisotopic (exact) mass is 301 g/mol. The summed E-state index contributed by atoms with van der Waals surface area (Å²) in [6, 6.07) is 0. The van der Waals surface area contributed by atoms with Gasteiger partial charge in [-0.25, -0.2) is 18.0 Å². The summed E-state index contributed by atoms with van der Waals surface area (Å²) in [6.07, 6.45) is 0.894. The second kappa shape index (κ2) is 6.89. The molecule has 17 heavy (non-hydrogen) atoms. The smallest absolute Gasteiger partial charge is 0.347 e. The van der Waals surface area contributed by atoms with Crippen molar-refractivity contribution in [3.05, 3.63) is 9.81 Å². The minimum atomic E-state index is -3.54. The van der Waals surface area contributed by atoms with Gasteiger partial charge in [0.1, 0.15) is 9.81 Å². The van der Waals surface area contributed by atoms with Gasteiger partial charge in [0.05, 0.1) is 20.5 Å². The molecule has 0 bridgehead atoms. The first-order valence-corrected chi connectivity index (χ1v) is 7.12. The van der Waals surface area contributed by atoms with Gasteiger partial charge >= 0.3 is 11.9 Å². The van der Waals surface area contributed by atoms with Crippen molar-refractivity contribution in [2.24, 2.45) is 0 Å². The Kier molecular flexibility index (Phi) is 6.60. The SMILES string of the molecule is COC(=O)/C(S)=C(/SNS(C)(=O)=O)C(=O)OC. The average molecular weight is 301 g/mol. The van der Waals surface area contributed by atoms with Crippen molar-refractivity contribution < 1.29 is 27.5 Å². The van der Waals surface area contributed by atoms with Gasteiger partial charge in [0.25, 0.3) is 0 Å². The van der Waals surface area contributed by atoms with Crippen molar-refractivity contribution in [1.82, 2.24) is 4.13 Å². The Morgan fingerprint density at radius 1 is 1.18 bits per heavy atom. The van der Waals surface area contributed by atoms with Gasteiger partial charge in [-0.05, 0) is 11.9 Å². The molecule has 0 spiro atoms. The molecule has 0 atom stereocenters. The van der Waals surface area contributed by atoms with Gasteiger partial charge in [0.15, 0.2) is 0 Å². The molecule has 1 N–H and O–H groups in total. The summed E-state index contributed by atoms with van der Waals surface area (Å²) in [5, 5.41) is 0. The van der Waals surface area contributed by atoms with Crippen LogP contribution in [-0.2, 0) is 29.1 Å². The van der Waals surface area contributed by atoms with Crippen LogP contribution < -0.4 is 4.13 Å². The number of carbonyl (C=O) groups excluding carboxylic acids is 2. The summed E-state index contributed by atoms with van der Waals surface area (Å²) >= 11 is 4.17. The van der Waals surface area contributed by atoms with Crippen LogP contribution in [0.2, 0.25) is 0 Å². The van der Waals surface area contributed by atoms with Crippen LogP contribution in [0.15, 0.2) is 9.81 Å². The lowest BCUT2D eigenvalue weighted by atomic mass is 10.5. The molecule has 0 rings (SSSR count). The Balaban J connectivity index is 5.15. The highest BCUT2D eigenvalue weighted by molar-refractivity contribution is 8.12. The second-order valence-corrected chi connectivity index (χ2v) is 5.89. The Morgan fingerprint density at radius 3 is 2.00 bits per heavy atom. The van der Waals surface area contributed by atoms with Crippen molar-refractivity contribution >= 4 is 46.5 Å². The molecular weight excluding hydrogens is 290 g/mol. The van der Waals surface area contributed by atoms with Crippen LogP contribution in [-0.4, -0.2) is 40.8 Å². The number of nitrogens with one attached hydrogen (secondary N) is 1. The highest BCUT2D eigenvalue weighted by Crippen LogP contribution is 2.22. The van der Waals surface area contributed by atoms with E-state index in [0.29, 0.717) is 11.9 Å². The minimum absolute atomic E-state index is 0.312. The van der Waals surface area contributed by atoms with Crippen molar-refractivity contribution in [1.29, 1.82) is 0 Å². The van der Waals surface area contributed by atoms with E-state index in [2.05, 4.69) is 22.1 Å². The molecule has 0 aromatic carbocycles. The van der Waals surface area contributed by atoms with Crippen molar-refractivity contribution in [2.75, 3.05) is 20.5 Å². The predicted octanol–water partition coefficient (Wildman–Crippen LogP) is -0.329. The number of hydrogen-bond acceptors (Lipinski definition) is 8. The van der Waals surface area contributed by atoms with Crippen LogP contribution in [0.4, 0.5) is 0 Å². The molecule has 0 saturated heterocycles. The highest BCUT2D eigenvalue weighted by Gasteiger charge is 2.22. The zero-order valence-electron chi connectivity index (χ0n) is 9.21. The van der Waals surface area contributed by atoms with Crippen LogP contribution in [0.1, 0.15) is 0 Å². The number of methoxy groups -OCH3 is 2. The molecule has 0 aliphatic rings. The molecule has 7 nitrogen and oxygen atoms in total. The molecule has 0 unspecified atom stereocenters. The van der Waals surface area contributed by atoms with Crippen LogP contribution in [0.5, 0.6) is 0 Å². The third-order valence-electron chi connectivity index (χ3n) is 1.26. The van der Waals surface area contributed by atoms with Crippen LogP contribution in [0, 0.1) is 0 Å². The van der Waals surface area contributed by atoms with E-state index in [4.69, 9.17) is 0 Å². The van der Waals surface area contributed by atoms with Gasteiger partial charge < -0.3 is 9.47 Å². The standard InChI is InChI=1S/C7H11NO6S3/c1-13-6(9)4(15)5(7(10)14-2)16-8-17(3,11)12/h8,15H,1-3H3/b5-4-. The Hall–Kier alpha value is -0.710. The molecule has 0 amide bonds. The number of esters is 2. The average Bonchev–Trinajstić information content (AvgIpc) is 2.25. The van der Waals surface area contributed by atoms with E-state index in [9.17, 15) is 18.0 Å². The maximum atomic E-state index is 11.3. The highest BCUT2D eigenvalue weighted by atomic mass is 32.3. The third-order valence-corrected chi connectivity index (χ3v) is 3.94. The summed E-state index contributed by atoms with van der Waals surface area (Å²) in [5.74, 6) is -1.78. The fraction of sp³-hybridized carbons (Fsp3) is 0.429. The number of carbonyl (C=O) groups is 2. The topological polar surface area (TPSA) is 98.8 Å². The Bertz CT molecular complexity index is 441. The number of sulfonamides is 1. The van der Waals surface area contributed by atoms with Crippen LogP contribution in [0.3, 0.4) is 0 Å². The number of thiol groups is 1. The third kappa shape index (κ3) is 5.96. The summed E-state index contributed by atoms with van der Waals surface area (Å²) in [6.45, 7) is 0. The quantitative estimate of drug-likeness (QED) is 0.310. The van der Waals surface area contributed by atoms with E-state index < -0.39 is 22.0 Å². The molecule has 0 radical (unpaired) electrons. The molecular formula is C7H11NO6S3. The zero-order chi connectivity index (χ0) is 13.6. The van der Waals surface area contributed by atoms with E-state index in [1.165, 1.54) is 0 Å². The predicted molar refractivity (Wildman–Crippen MR) is 65.6 cm³/mol. The van der Waals surface area contributed by atoms with Gasteiger partial charge in [0, 0.05) is 0 Å². The molecule has 0 aromatic rings. The largest absolute Gasteiger partial charge is 0.465 e. The van der Waals surface area contributed by atoms with Gasteiger partial charge in [0.2, 0.25) is 10.0 Å². The van der Waals surface area contributed by atoms with Crippen molar-refractivity contribution in [2.45, 2.75) is 0 Å². The molecule has 98 valence electrons. The van der Waals surface area contributed by atoms with Gasteiger partial charge in [-0.1, -0.05) is 0 Å². The van der Waals surface area contributed by atoms with Crippen molar-refractivity contribution in [3.63, 3.8) is 0 Å². The summed E-state index contributed by atoms with van der Waals surface area (Å²) in [4.78, 5) is 21.8. The van der Waals surface area contributed by atoms with E-state index in [1.54, 1.807) is 0 Å². The van der Waals surface area contributed by atoms with Gasteiger partial charge in [-0.3, -0.25) is 0 Å². The molecule has 0 aromatic heterocycles. The number of rotatable bonds is 5.